The maximum atomic E-state index is 11.9. The third-order valence-electron chi connectivity index (χ3n) is 4.36. The Bertz CT molecular complexity index is 521. The van der Waals surface area contributed by atoms with Gasteiger partial charge in [0.05, 0.1) is 12.7 Å². The Kier molecular flexibility index (Phi) is 3.85. The number of nitrogens with one attached hydrogen (secondary N) is 1. The average Bonchev–Trinajstić information content (AvgIpc) is 2.85. The average molecular weight is 295 g/mol. The highest BCUT2D eigenvalue weighted by Gasteiger charge is 2.34. The SMILES string of the molecule is COC(=O)c1cc(Cl)ccc1NC1CCN2CCC1C2. The van der Waals surface area contributed by atoms with Crippen molar-refractivity contribution in [1.29, 1.82) is 0 Å². The number of hydrogen-bond donors (Lipinski definition) is 1. The minimum Gasteiger partial charge on any atom is -0.465 e. The Morgan fingerprint density at radius 3 is 3.00 bits per heavy atom. The van der Waals surface area contributed by atoms with Crippen molar-refractivity contribution in [2.45, 2.75) is 18.9 Å². The van der Waals surface area contributed by atoms with Crippen molar-refractivity contribution in [3.8, 4) is 0 Å². The van der Waals surface area contributed by atoms with Crippen molar-refractivity contribution in [3.05, 3.63) is 28.8 Å². The first-order valence-corrected chi connectivity index (χ1v) is 7.42. The summed E-state index contributed by atoms with van der Waals surface area (Å²) in [6, 6.07) is 5.77. The van der Waals surface area contributed by atoms with Crippen LogP contribution in [0.15, 0.2) is 18.2 Å². The van der Waals surface area contributed by atoms with Gasteiger partial charge in [-0.3, -0.25) is 0 Å². The monoisotopic (exact) mass is 294 g/mol. The van der Waals surface area contributed by atoms with Crippen LogP contribution >= 0.6 is 11.6 Å². The molecule has 2 bridgehead atoms. The van der Waals surface area contributed by atoms with Gasteiger partial charge in [-0.25, -0.2) is 4.79 Å². The summed E-state index contributed by atoms with van der Waals surface area (Å²) in [4.78, 5) is 14.4. The number of piperidine rings is 1. The van der Waals surface area contributed by atoms with Crippen LogP contribution in [0, 0.1) is 5.92 Å². The van der Waals surface area contributed by atoms with Gasteiger partial charge in [0.25, 0.3) is 0 Å². The topological polar surface area (TPSA) is 41.6 Å². The van der Waals surface area contributed by atoms with Crippen molar-refractivity contribution < 1.29 is 9.53 Å². The summed E-state index contributed by atoms with van der Waals surface area (Å²) in [5.74, 6) is 0.323. The highest BCUT2D eigenvalue weighted by Crippen LogP contribution is 2.31. The number of fused-ring (bicyclic) bond motifs is 2. The number of anilines is 1. The zero-order valence-corrected chi connectivity index (χ0v) is 12.3. The summed E-state index contributed by atoms with van der Waals surface area (Å²) in [7, 11) is 1.39. The molecule has 5 heteroatoms. The van der Waals surface area contributed by atoms with E-state index < -0.39 is 0 Å². The van der Waals surface area contributed by atoms with Gasteiger partial charge in [0, 0.05) is 29.8 Å². The van der Waals surface area contributed by atoms with E-state index in [9.17, 15) is 4.79 Å². The fourth-order valence-corrected chi connectivity index (χ4v) is 3.43. The Hall–Kier alpha value is -1.26. The molecule has 1 aromatic carbocycles. The lowest BCUT2D eigenvalue weighted by Gasteiger charge is -2.32. The third kappa shape index (κ3) is 2.63. The highest BCUT2D eigenvalue weighted by molar-refractivity contribution is 6.31. The molecule has 2 fully saturated rings. The zero-order valence-electron chi connectivity index (χ0n) is 11.6. The van der Waals surface area contributed by atoms with Crippen LogP contribution in [0.1, 0.15) is 23.2 Å². The van der Waals surface area contributed by atoms with E-state index in [0.29, 0.717) is 22.5 Å². The van der Waals surface area contributed by atoms with Crippen LogP contribution in [0.3, 0.4) is 0 Å². The fourth-order valence-electron chi connectivity index (χ4n) is 3.26. The van der Waals surface area contributed by atoms with E-state index in [2.05, 4.69) is 10.2 Å². The van der Waals surface area contributed by atoms with E-state index in [4.69, 9.17) is 16.3 Å². The van der Waals surface area contributed by atoms with E-state index in [1.165, 1.54) is 26.6 Å². The van der Waals surface area contributed by atoms with E-state index in [1.807, 2.05) is 6.07 Å². The number of hydrogen-bond acceptors (Lipinski definition) is 4. The van der Waals surface area contributed by atoms with Gasteiger partial charge < -0.3 is 15.0 Å². The fraction of sp³-hybridized carbons (Fsp3) is 0.533. The maximum absolute atomic E-state index is 11.9. The molecule has 2 aliphatic heterocycles. The molecule has 0 radical (unpaired) electrons. The van der Waals surface area contributed by atoms with Crippen molar-refractivity contribution in [2.24, 2.45) is 5.92 Å². The van der Waals surface area contributed by atoms with Crippen molar-refractivity contribution in [1.82, 2.24) is 4.90 Å². The lowest BCUT2D eigenvalue weighted by Crippen LogP contribution is -2.39. The first kappa shape index (κ1) is 13.7. The summed E-state index contributed by atoms with van der Waals surface area (Å²) in [6.07, 6.45) is 2.35. The van der Waals surface area contributed by atoms with Gasteiger partial charge in [-0.2, -0.15) is 0 Å². The molecule has 108 valence electrons. The third-order valence-corrected chi connectivity index (χ3v) is 4.60. The molecule has 0 aromatic heterocycles. The molecular weight excluding hydrogens is 276 g/mol. The molecular formula is C15H19ClN2O2. The minimum atomic E-state index is -0.348. The van der Waals surface area contributed by atoms with Crippen molar-refractivity contribution >= 4 is 23.3 Å². The largest absolute Gasteiger partial charge is 0.465 e. The first-order chi connectivity index (χ1) is 9.67. The number of nitrogens with zero attached hydrogens (tertiary/aromatic N) is 1. The van der Waals surface area contributed by atoms with Crippen molar-refractivity contribution in [2.75, 3.05) is 32.1 Å². The second-order valence-corrected chi connectivity index (χ2v) is 6.01. The number of carbonyl (C=O) groups is 1. The predicted molar refractivity (Wildman–Crippen MR) is 79.4 cm³/mol. The lowest BCUT2D eigenvalue weighted by molar-refractivity contribution is 0.0601. The number of benzene rings is 1. The lowest BCUT2D eigenvalue weighted by atomic mass is 9.93. The smallest absolute Gasteiger partial charge is 0.340 e. The quantitative estimate of drug-likeness (QED) is 0.870. The number of halogens is 1. The van der Waals surface area contributed by atoms with Gasteiger partial charge in [-0.05, 0) is 43.5 Å². The first-order valence-electron chi connectivity index (χ1n) is 7.04. The van der Waals surface area contributed by atoms with Gasteiger partial charge in [-0.1, -0.05) is 11.6 Å². The van der Waals surface area contributed by atoms with Crippen LogP contribution in [0.25, 0.3) is 0 Å². The van der Waals surface area contributed by atoms with Crippen LogP contribution in [0.2, 0.25) is 5.02 Å². The molecule has 20 heavy (non-hydrogen) atoms. The number of methoxy groups -OCH3 is 1. The van der Waals surface area contributed by atoms with E-state index in [1.54, 1.807) is 12.1 Å². The number of esters is 1. The predicted octanol–water partition coefficient (Wildman–Crippen LogP) is 2.63. The molecule has 2 heterocycles. The molecule has 1 N–H and O–H groups in total. The van der Waals surface area contributed by atoms with Crippen LogP contribution in [0.5, 0.6) is 0 Å². The number of carbonyl (C=O) groups excluding carboxylic acids is 1. The van der Waals surface area contributed by atoms with Gasteiger partial charge in [0.2, 0.25) is 0 Å². The molecule has 3 atom stereocenters. The van der Waals surface area contributed by atoms with Crippen LogP contribution in [-0.2, 0) is 4.74 Å². The van der Waals surface area contributed by atoms with Crippen LogP contribution < -0.4 is 5.32 Å². The molecule has 3 rings (SSSR count). The molecule has 0 spiro atoms. The standard InChI is InChI=1S/C15H19ClN2O2/c1-20-15(19)12-8-11(16)2-3-14(12)17-13-5-7-18-6-4-10(13)9-18/h2-3,8,10,13,17H,4-7,9H2,1H3. The van der Waals surface area contributed by atoms with Crippen LogP contribution in [-0.4, -0.2) is 43.7 Å². The molecule has 0 saturated carbocycles. The Labute approximate surface area is 124 Å². The molecule has 0 aliphatic carbocycles. The van der Waals surface area contributed by atoms with E-state index in [-0.39, 0.29) is 5.97 Å². The Morgan fingerprint density at radius 1 is 1.40 bits per heavy atom. The summed E-state index contributed by atoms with van der Waals surface area (Å²) in [6.45, 7) is 3.50. The summed E-state index contributed by atoms with van der Waals surface area (Å²) in [5.41, 5.74) is 1.34. The summed E-state index contributed by atoms with van der Waals surface area (Å²) >= 11 is 5.98. The summed E-state index contributed by atoms with van der Waals surface area (Å²) < 4.78 is 4.84. The van der Waals surface area contributed by atoms with Crippen molar-refractivity contribution in [3.63, 3.8) is 0 Å². The minimum absolute atomic E-state index is 0.348. The maximum Gasteiger partial charge on any atom is 0.340 e. The molecule has 3 unspecified atom stereocenters. The molecule has 0 amide bonds. The molecule has 4 nitrogen and oxygen atoms in total. The number of rotatable bonds is 3. The van der Waals surface area contributed by atoms with E-state index >= 15 is 0 Å². The Morgan fingerprint density at radius 2 is 2.20 bits per heavy atom. The molecule has 2 saturated heterocycles. The van der Waals surface area contributed by atoms with Crippen LogP contribution in [0.4, 0.5) is 5.69 Å². The van der Waals surface area contributed by atoms with Gasteiger partial charge in [-0.15, -0.1) is 0 Å². The highest BCUT2D eigenvalue weighted by atomic mass is 35.5. The van der Waals surface area contributed by atoms with Gasteiger partial charge >= 0.3 is 5.97 Å². The molecule has 1 aromatic rings. The summed E-state index contributed by atoms with van der Waals surface area (Å²) in [5, 5.41) is 4.08. The second kappa shape index (κ2) is 5.62. The second-order valence-electron chi connectivity index (χ2n) is 5.57. The van der Waals surface area contributed by atoms with Gasteiger partial charge in [0.1, 0.15) is 0 Å². The van der Waals surface area contributed by atoms with E-state index in [0.717, 1.165) is 18.7 Å². The normalized spacial score (nSPS) is 28.2. The number of ether oxygens (including phenoxy) is 1. The molecule has 2 aliphatic rings. The van der Waals surface area contributed by atoms with Gasteiger partial charge in [0.15, 0.2) is 0 Å². The zero-order chi connectivity index (χ0) is 14.1. The Balaban J connectivity index is 1.81.